The van der Waals surface area contributed by atoms with Crippen molar-refractivity contribution in [3.8, 4) is 5.75 Å². The summed E-state index contributed by atoms with van der Waals surface area (Å²) in [7, 11) is 0. The van der Waals surface area contributed by atoms with Crippen molar-refractivity contribution in [2.45, 2.75) is 39.0 Å². The van der Waals surface area contributed by atoms with E-state index in [1.165, 1.54) is 12.1 Å². The Labute approximate surface area is 137 Å². The number of amides is 1. The van der Waals surface area contributed by atoms with Crippen molar-refractivity contribution in [3.05, 3.63) is 30.1 Å². The Morgan fingerprint density at radius 2 is 1.96 bits per heavy atom. The van der Waals surface area contributed by atoms with E-state index >= 15 is 0 Å². The van der Waals surface area contributed by atoms with Crippen LogP contribution in [0.4, 0.5) is 4.39 Å². The third kappa shape index (κ3) is 4.93. The van der Waals surface area contributed by atoms with Crippen LogP contribution in [0.5, 0.6) is 5.75 Å². The zero-order valence-corrected chi connectivity index (χ0v) is 13.8. The second-order valence-electron chi connectivity index (χ2n) is 6.30. The van der Waals surface area contributed by atoms with E-state index in [1.54, 1.807) is 12.1 Å². The van der Waals surface area contributed by atoms with Crippen LogP contribution in [0, 0.1) is 11.2 Å². The molecule has 1 N–H and O–H groups in total. The first kappa shape index (κ1) is 17.7. The topological polar surface area (TPSA) is 49.8 Å². The average Bonchev–Trinajstić information content (AvgIpc) is 2.60. The minimum Gasteiger partial charge on any atom is -0.494 e. The Balaban J connectivity index is 1.66. The molecule has 1 aromatic rings. The first-order chi connectivity index (χ1) is 11.1. The van der Waals surface area contributed by atoms with Crippen LogP contribution in [-0.4, -0.2) is 42.2 Å². The van der Waals surface area contributed by atoms with Crippen LogP contribution in [0.3, 0.4) is 0 Å². The fraction of sp³-hybridized carbons (Fsp3) is 0.611. The highest BCUT2D eigenvalue weighted by Gasteiger charge is 2.33. The van der Waals surface area contributed by atoms with E-state index in [0.717, 1.165) is 32.4 Å². The van der Waals surface area contributed by atoms with Crippen LogP contribution in [0.1, 0.15) is 39.0 Å². The van der Waals surface area contributed by atoms with Gasteiger partial charge in [-0.25, -0.2) is 4.39 Å². The van der Waals surface area contributed by atoms with Crippen molar-refractivity contribution in [1.82, 2.24) is 4.90 Å². The molecule has 1 aliphatic rings. The molecule has 0 aliphatic carbocycles. The Morgan fingerprint density at radius 3 is 2.52 bits per heavy atom. The molecule has 0 radical (unpaired) electrons. The van der Waals surface area contributed by atoms with Gasteiger partial charge in [-0.15, -0.1) is 0 Å². The number of nitrogens with zero attached hydrogens (tertiary/aromatic N) is 1. The molecule has 0 spiro atoms. The standard InChI is InChI=1S/C18H26FNO3/c1-2-18(14-21)9-11-20(12-10-18)17(22)4-3-13-23-16-7-5-15(19)6-8-16/h5-8,21H,2-4,9-14H2,1H3. The van der Waals surface area contributed by atoms with Gasteiger partial charge in [0, 0.05) is 26.1 Å². The largest absolute Gasteiger partial charge is 0.494 e. The summed E-state index contributed by atoms with van der Waals surface area (Å²) in [5.74, 6) is 0.478. The van der Waals surface area contributed by atoms with Crippen molar-refractivity contribution >= 4 is 5.91 Å². The van der Waals surface area contributed by atoms with Gasteiger partial charge in [0.25, 0.3) is 0 Å². The maximum Gasteiger partial charge on any atom is 0.222 e. The van der Waals surface area contributed by atoms with E-state index < -0.39 is 0 Å². The van der Waals surface area contributed by atoms with Gasteiger partial charge in [-0.1, -0.05) is 6.92 Å². The molecule has 0 saturated carbocycles. The minimum atomic E-state index is -0.288. The first-order valence-electron chi connectivity index (χ1n) is 8.35. The fourth-order valence-electron chi connectivity index (χ4n) is 2.96. The lowest BCUT2D eigenvalue weighted by molar-refractivity contribution is -0.134. The lowest BCUT2D eigenvalue weighted by Crippen LogP contribution is -2.44. The number of piperidine rings is 1. The summed E-state index contributed by atoms with van der Waals surface area (Å²) in [5, 5.41) is 9.52. The van der Waals surface area contributed by atoms with Gasteiger partial charge in [0.15, 0.2) is 0 Å². The van der Waals surface area contributed by atoms with Gasteiger partial charge in [0.1, 0.15) is 11.6 Å². The van der Waals surface area contributed by atoms with Gasteiger partial charge < -0.3 is 14.7 Å². The van der Waals surface area contributed by atoms with Gasteiger partial charge >= 0.3 is 0 Å². The van der Waals surface area contributed by atoms with Crippen LogP contribution >= 0.6 is 0 Å². The molecule has 1 amide bonds. The number of aliphatic hydroxyl groups is 1. The summed E-state index contributed by atoms with van der Waals surface area (Å²) < 4.78 is 18.3. The molecule has 0 bridgehead atoms. The third-order valence-corrected chi connectivity index (χ3v) is 4.88. The Hall–Kier alpha value is -1.62. The van der Waals surface area contributed by atoms with E-state index in [0.29, 0.717) is 25.2 Å². The molecule has 1 aliphatic heterocycles. The molecule has 23 heavy (non-hydrogen) atoms. The Kier molecular flexibility index (Phi) is 6.39. The van der Waals surface area contributed by atoms with E-state index in [9.17, 15) is 14.3 Å². The van der Waals surface area contributed by atoms with Crippen molar-refractivity contribution in [2.24, 2.45) is 5.41 Å². The monoisotopic (exact) mass is 323 g/mol. The second kappa shape index (κ2) is 8.29. The third-order valence-electron chi connectivity index (χ3n) is 4.88. The van der Waals surface area contributed by atoms with Crippen LogP contribution in [0.25, 0.3) is 0 Å². The van der Waals surface area contributed by atoms with E-state index in [-0.39, 0.29) is 23.7 Å². The molecule has 1 saturated heterocycles. The van der Waals surface area contributed by atoms with Crippen LogP contribution in [0.15, 0.2) is 24.3 Å². The molecule has 5 heteroatoms. The maximum absolute atomic E-state index is 12.8. The Morgan fingerprint density at radius 1 is 1.30 bits per heavy atom. The van der Waals surface area contributed by atoms with Crippen molar-refractivity contribution in [2.75, 3.05) is 26.3 Å². The lowest BCUT2D eigenvalue weighted by atomic mass is 9.77. The Bertz CT molecular complexity index is 489. The van der Waals surface area contributed by atoms with Crippen LogP contribution < -0.4 is 4.74 Å². The number of aliphatic hydroxyl groups excluding tert-OH is 1. The normalized spacial score (nSPS) is 17.1. The fourth-order valence-corrected chi connectivity index (χ4v) is 2.96. The zero-order chi connectivity index (χ0) is 16.7. The molecular formula is C18H26FNO3. The maximum atomic E-state index is 12.8. The SMILES string of the molecule is CCC1(CO)CCN(C(=O)CCCOc2ccc(F)cc2)CC1. The molecule has 1 fully saturated rings. The number of rotatable bonds is 7. The summed E-state index contributed by atoms with van der Waals surface area (Å²) in [4.78, 5) is 14.1. The summed E-state index contributed by atoms with van der Waals surface area (Å²) in [6.07, 6.45) is 3.80. The number of carbonyl (C=O) groups is 1. The number of hydrogen-bond donors (Lipinski definition) is 1. The second-order valence-corrected chi connectivity index (χ2v) is 6.30. The minimum absolute atomic E-state index is 0.00245. The highest BCUT2D eigenvalue weighted by Crippen LogP contribution is 2.34. The molecule has 0 unspecified atom stereocenters. The molecular weight excluding hydrogens is 297 g/mol. The number of halogens is 1. The van der Waals surface area contributed by atoms with Crippen LogP contribution in [-0.2, 0) is 4.79 Å². The van der Waals surface area contributed by atoms with E-state index in [2.05, 4.69) is 6.92 Å². The van der Waals surface area contributed by atoms with Gasteiger partial charge in [0.2, 0.25) is 5.91 Å². The molecule has 1 aromatic carbocycles. The smallest absolute Gasteiger partial charge is 0.222 e. The van der Waals surface area contributed by atoms with Crippen LogP contribution in [0.2, 0.25) is 0 Å². The lowest BCUT2D eigenvalue weighted by Gasteiger charge is -2.40. The molecule has 0 atom stereocenters. The molecule has 1 heterocycles. The molecule has 4 nitrogen and oxygen atoms in total. The number of ether oxygens (including phenoxy) is 1. The zero-order valence-electron chi connectivity index (χ0n) is 13.8. The average molecular weight is 323 g/mol. The summed E-state index contributed by atoms with van der Waals surface area (Å²) in [6.45, 7) is 4.20. The van der Waals surface area contributed by atoms with Gasteiger partial charge in [-0.05, 0) is 55.4 Å². The highest BCUT2D eigenvalue weighted by molar-refractivity contribution is 5.76. The van der Waals surface area contributed by atoms with Crippen molar-refractivity contribution < 1.29 is 19.0 Å². The van der Waals surface area contributed by atoms with Gasteiger partial charge in [0.05, 0.1) is 6.61 Å². The van der Waals surface area contributed by atoms with E-state index in [1.807, 2.05) is 4.90 Å². The quantitative estimate of drug-likeness (QED) is 0.785. The van der Waals surface area contributed by atoms with Crippen molar-refractivity contribution in [3.63, 3.8) is 0 Å². The summed E-state index contributed by atoms with van der Waals surface area (Å²) in [5.41, 5.74) is 0.00245. The molecule has 0 aromatic heterocycles. The number of likely N-dealkylation sites (tertiary alicyclic amines) is 1. The number of carbonyl (C=O) groups excluding carboxylic acids is 1. The first-order valence-corrected chi connectivity index (χ1v) is 8.35. The number of benzene rings is 1. The molecule has 2 rings (SSSR count). The van der Waals surface area contributed by atoms with Crippen molar-refractivity contribution in [1.29, 1.82) is 0 Å². The predicted molar refractivity (Wildman–Crippen MR) is 86.8 cm³/mol. The predicted octanol–water partition coefficient (Wildman–Crippen LogP) is 3.00. The molecule has 128 valence electrons. The number of hydrogen-bond acceptors (Lipinski definition) is 3. The van der Waals surface area contributed by atoms with E-state index in [4.69, 9.17) is 4.74 Å². The van der Waals surface area contributed by atoms with Gasteiger partial charge in [-0.3, -0.25) is 4.79 Å². The van der Waals surface area contributed by atoms with Gasteiger partial charge in [-0.2, -0.15) is 0 Å². The summed E-state index contributed by atoms with van der Waals surface area (Å²) >= 11 is 0. The summed E-state index contributed by atoms with van der Waals surface area (Å²) in [6, 6.07) is 5.88. The highest BCUT2D eigenvalue weighted by atomic mass is 19.1.